The summed E-state index contributed by atoms with van der Waals surface area (Å²) >= 11 is 0. The van der Waals surface area contributed by atoms with E-state index < -0.39 is 0 Å². The summed E-state index contributed by atoms with van der Waals surface area (Å²) in [4.78, 5) is 16.9. The molecule has 0 aromatic rings. The Labute approximate surface area is 114 Å². The van der Waals surface area contributed by atoms with E-state index in [2.05, 4.69) is 15.1 Å². The van der Waals surface area contributed by atoms with Crippen LogP contribution in [0.2, 0.25) is 0 Å². The Hall–Kier alpha value is -0.650. The van der Waals surface area contributed by atoms with E-state index in [0.717, 1.165) is 45.6 Å². The van der Waals surface area contributed by atoms with Crippen molar-refractivity contribution in [2.75, 3.05) is 39.3 Å². The maximum Gasteiger partial charge on any atom is 0.227 e. The Morgan fingerprint density at radius 1 is 1.21 bits per heavy atom. The summed E-state index contributed by atoms with van der Waals surface area (Å²) in [6, 6.07) is 1.03. The molecule has 2 N–H and O–H groups in total. The number of fused-ring (bicyclic) bond motifs is 2. The third-order valence-electron chi connectivity index (χ3n) is 4.93. The molecule has 3 aliphatic rings. The molecule has 0 aromatic carbocycles. The van der Waals surface area contributed by atoms with E-state index in [1.807, 2.05) is 0 Å². The van der Waals surface area contributed by atoms with Gasteiger partial charge in [0.1, 0.15) is 0 Å². The average Bonchev–Trinajstić information content (AvgIpc) is 2.97. The SMILES string of the molecule is O=C(C1CC2CCC1N2)N1CCCN(CCO)CC1. The van der Waals surface area contributed by atoms with Crippen molar-refractivity contribution >= 4 is 5.91 Å². The van der Waals surface area contributed by atoms with E-state index in [1.165, 1.54) is 12.8 Å². The fourth-order valence-electron chi connectivity index (χ4n) is 3.89. The molecule has 0 radical (unpaired) electrons. The lowest BCUT2D eigenvalue weighted by atomic mass is 9.88. The predicted molar refractivity (Wildman–Crippen MR) is 72.8 cm³/mol. The quantitative estimate of drug-likeness (QED) is 0.734. The number of rotatable bonds is 3. The van der Waals surface area contributed by atoms with Gasteiger partial charge < -0.3 is 15.3 Å². The fraction of sp³-hybridized carbons (Fsp3) is 0.929. The summed E-state index contributed by atoms with van der Waals surface area (Å²) < 4.78 is 0. The van der Waals surface area contributed by atoms with Gasteiger partial charge in [0.05, 0.1) is 12.5 Å². The zero-order valence-corrected chi connectivity index (χ0v) is 11.6. The van der Waals surface area contributed by atoms with Gasteiger partial charge in [-0.25, -0.2) is 0 Å². The zero-order chi connectivity index (χ0) is 13.2. The average molecular weight is 267 g/mol. The normalized spacial score (nSPS) is 35.6. The van der Waals surface area contributed by atoms with E-state index in [4.69, 9.17) is 5.11 Å². The first-order chi connectivity index (χ1) is 9.28. The Morgan fingerprint density at radius 3 is 2.79 bits per heavy atom. The highest BCUT2D eigenvalue weighted by Crippen LogP contribution is 2.34. The summed E-state index contributed by atoms with van der Waals surface area (Å²) in [5.74, 6) is 0.591. The summed E-state index contributed by atoms with van der Waals surface area (Å²) in [5, 5.41) is 12.6. The molecule has 3 aliphatic heterocycles. The highest BCUT2D eigenvalue weighted by Gasteiger charge is 2.44. The number of aliphatic hydroxyl groups is 1. The van der Waals surface area contributed by atoms with Crippen LogP contribution in [0.1, 0.15) is 25.7 Å². The topological polar surface area (TPSA) is 55.8 Å². The smallest absolute Gasteiger partial charge is 0.227 e. The molecular weight excluding hydrogens is 242 g/mol. The third kappa shape index (κ3) is 2.78. The first kappa shape index (κ1) is 13.3. The molecule has 3 fully saturated rings. The number of carbonyl (C=O) groups is 1. The Balaban J connectivity index is 1.55. The minimum Gasteiger partial charge on any atom is -0.395 e. The van der Waals surface area contributed by atoms with Gasteiger partial charge in [0.2, 0.25) is 5.91 Å². The van der Waals surface area contributed by atoms with Gasteiger partial charge in [-0.3, -0.25) is 9.69 Å². The number of carbonyl (C=O) groups excluding carboxylic acids is 1. The maximum absolute atomic E-state index is 12.6. The number of hydrogen-bond acceptors (Lipinski definition) is 4. The molecule has 0 aromatic heterocycles. The van der Waals surface area contributed by atoms with Gasteiger partial charge in [-0.1, -0.05) is 0 Å². The van der Waals surface area contributed by atoms with Crippen molar-refractivity contribution in [3.63, 3.8) is 0 Å². The van der Waals surface area contributed by atoms with Crippen LogP contribution in [0.3, 0.4) is 0 Å². The number of nitrogens with zero attached hydrogens (tertiary/aromatic N) is 2. The van der Waals surface area contributed by atoms with Gasteiger partial charge >= 0.3 is 0 Å². The van der Waals surface area contributed by atoms with E-state index in [0.29, 0.717) is 18.0 Å². The lowest BCUT2D eigenvalue weighted by Crippen LogP contribution is -2.42. The maximum atomic E-state index is 12.6. The molecule has 3 unspecified atom stereocenters. The molecule has 5 nitrogen and oxygen atoms in total. The fourth-order valence-corrected chi connectivity index (χ4v) is 3.89. The van der Waals surface area contributed by atoms with Crippen molar-refractivity contribution in [2.24, 2.45) is 5.92 Å². The summed E-state index contributed by atoms with van der Waals surface area (Å²) in [6.07, 6.45) is 4.49. The van der Waals surface area contributed by atoms with Crippen LogP contribution < -0.4 is 5.32 Å². The zero-order valence-electron chi connectivity index (χ0n) is 11.6. The highest BCUT2D eigenvalue weighted by molar-refractivity contribution is 5.80. The molecule has 0 spiro atoms. The minimum atomic E-state index is 0.213. The second-order valence-electron chi connectivity index (χ2n) is 6.13. The largest absolute Gasteiger partial charge is 0.395 e. The molecule has 0 saturated carbocycles. The van der Waals surface area contributed by atoms with Crippen LogP contribution in [0.25, 0.3) is 0 Å². The molecule has 108 valence electrons. The van der Waals surface area contributed by atoms with Crippen LogP contribution in [-0.4, -0.2) is 72.2 Å². The monoisotopic (exact) mass is 267 g/mol. The van der Waals surface area contributed by atoms with Crippen molar-refractivity contribution < 1.29 is 9.90 Å². The van der Waals surface area contributed by atoms with Gasteiger partial charge in [0, 0.05) is 38.3 Å². The summed E-state index contributed by atoms with van der Waals surface area (Å²) in [7, 11) is 0. The van der Waals surface area contributed by atoms with Crippen molar-refractivity contribution in [3.05, 3.63) is 0 Å². The van der Waals surface area contributed by atoms with Crippen molar-refractivity contribution in [3.8, 4) is 0 Å². The summed E-state index contributed by atoms with van der Waals surface area (Å²) in [6.45, 7) is 4.56. The van der Waals surface area contributed by atoms with E-state index in [-0.39, 0.29) is 12.5 Å². The third-order valence-corrected chi connectivity index (χ3v) is 4.93. The molecule has 2 bridgehead atoms. The number of β-amino-alcohol motifs (C(OH)–C–C–N with tert-alkyl or cyclic N) is 1. The number of aliphatic hydroxyl groups excluding tert-OH is 1. The van der Waals surface area contributed by atoms with Gasteiger partial charge in [0.25, 0.3) is 0 Å². The van der Waals surface area contributed by atoms with Gasteiger partial charge in [-0.15, -0.1) is 0 Å². The number of nitrogens with one attached hydrogen (secondary N) is 1. The van der Waals surface area contributed by atoms with Crippen LogP contribution in [0.4, 0.5) is 0 Å². The van der Waals surface area contributed by atoms with Crippen molar-refractivity contribution in [2.45, 2.75) is 37.8 Å². The second-order valence-corrected chi connectivity index (χ2v) is 6.13. The van der Waals surface area contributed by atoms with Crippen LogP contribution in [0, 0.1) is 5.92 Å². The van der Waals surface area contributed by atoms with Crippen molar-refractivity contribution in [1.82, 2.24) is 15.1 Å². The van der Waals surface area contributed by atoms with E-state index in [1.54, 1.807) is 0 Å². The minimum absolute atomic E-state index is 0.213. The molecule has 1 amide bonds. The van der Waals surface area contributed by atoms with Crippen LogP contribution in [-0.2, 0) is 4.79 Å². The first-order valence-corrected chi connectivity index (χ1v) is 7.66. The summed E-state index contributed by atoms with van der Waals surface area (Å²) in [5.41, 5.74) is 0. The lowest BCUT2D eigenvalue weighted by molar-refractivity contribution is -0.136. The predicted octanol–water partition coefficient (Wildman–Crippen LogP) is -0.346. The number of hydrogen-bond donors (Lipinski definition) is 2. The van der Waals surface area contributed by atoms with Gasteiger partial charge in [-0.2, -0.15) is 0 Å². The first-order valence-electron chi connectivity index (χ1n) is 7.66. The van der Waals surface area contributed by atoms with Gasteiger partial charge in [-0.05, 0) is 32.2 Å². The van der Waals surface area contributed by atoms with Crippen LogP contribution in [0.15, 0.2) is 0 Å². The van der Waals surface area contributed by atoms with Crippen LogP contribution in [0.5, 0.6) is 0 Å². The molecule has 3 saturated heterocycles. The van der Waals surface area contributed by atoms with Crippen molar-refractivity contribution in [1.29, 1.82) is 0 Å². The number of amides is 1. The Bertz CT molecular complexity index is 337. The molecule has 3 heterocycles. The lowest BCUT2D eigenvalue weighted by Gasteiger charge is -2.28. The van der Waals surface area contributed by atoms with Crippen LogP contribution >= 0.6 is 0 Å². The highest BCUT2D eigenvalue weighted by atomic mass is 16.3. The molecule has 19 heavy (non-hydrogen) atoms. The second kappa shape index (κ2) is 5.77. The Kier molecular flexibility index (Phi) is 4.05. The molecule has 5 heteroatoms. The standard InChI is InChI=1S/C14H25N3O2/c18-9-8-16-4-1-5-17(7-6-16)14(19)12-10-11-2-3-13(12)15-11/h11-13,15,18H,1-10H2. The molecule has 0 aliphatic carbocycles. The van der Waals surface area contributed by atoms with E-state index >= 15 is 0 Å². The molecule has 3 rings (SSSR count). The van der Waals surface area contributed by atoms with Gasteiger partial charge in [0.15, 0.2) is 0 Å². The molecular formula is C14H25N3O2. The molecule has 3 atom stereocenters. The Morgan fingerprint density at radius 2 is 2.11 bits per heavy atom. The van der Waals surface area contributed by atoms with E-state index in [9.17, 15) is 4.79 Å².